The molecule has 34 heavy (non-hydrogen) atoms. The topological polar surface area (TPSA) is 102 Å². The molecule has 0 unspecified atom stereocenters. The van der Waals surface area contributed by atoms with Crippen molar-refractivity contribution in [3.8, 4) is 11.5 Å². The molecule has 0 bridgehead atoms. The number of halogens is 4. The molecule has 4 rings (SSSR count). The van der Waals surface area contributed by atoms with E-state index in [2.05, 4.69) is 20.6 Å². The Labute approximate surface area is 190 Å². The quantitative estimate of drug-likeness (QED) is 0.325. The molecule has 0 aliphatic heterocycles. The monoisotopic (exact) mass is 471 g/mol. The zero-order valence-electron chi connectivity index (χ0n) is 17.4. The molecule has 0 spiro atoms. The zero-order valence-corrected chi connectivity index (χ0v) is 17.4. The van der Waals surface area contributed by atoms with Gasteiger partial charge < -0.3 is 21.1 Å². The van der Waals surface area contributed by atoms with Crippen molar-refractivity contribution >= 4 is 28.4 Å². The van der Waals surface area contributed by atoms with Crippen LogP contribution < -0.4 is 21.1 Å². The predicted octanol–water partition coefficient (Wildman–Crippen LogP) is 5.68. The lowest BCUT2D eigenvalue weighted by atomic mass is 10.2. The standard InChI is InChI=1S/C23H17F4N5O2/c24-19-7-3-14(9-18(19)23(25,26)27)32-22(33)31-13-1-4-16(5-2-13)34-17-6-8-20-21(10-17)30-15(11-28)12-29-20/h1-10,12H,11,28H2,(H2,31,32,33). The van der Waals surface area contributed by atoms with Gasteiger partial charge in [0.15, 0.2) is 0 Å². The van der Waals surface area contributed by atoms with E-state index < -0.39 is 23.6 Å². The van der Waals surface area contributed by atoms with Crippen LogP contribution in [0.25, 0.3) is 11.0 Å². The predicted molar refractivity (Wildman–Crippen MR) is 118 cm³/mol. The minimum atomic E-state index is -4.88. The Morgan fingerprint density at radius 1 is 0.912 bits per heavy atom. The van der Waals surface area contributed by atoms with E-state index in [0.29, 0.717) is 46.0 Å². The Bertz CT molecular complexity index is 1340. The van der Waals surface area contributed by atoms with Crippen LogP contribution in [0.4, 0.5) is 33.7 Å². The van der Waals surface area contributed by atoms with Crippen molar-refractivity contribution in [1.82, 2.24) is 9.97 Å². The van der Waals surface area contributed by atoms with Crippen molar-refractivity contribution in [2.45, 2.75) is 12.7 Å². The van der Waals surface area contributed by atoms with Crippen LogP contribution in [0, 0.1) is 5.82 Å². The van der Waals surface area contributed by atoms with Gasteiger partial charge in [0.1, 0.15) is 17.3 Å². The van der Waals surface area contributed by atoms with Crippen LogP contribution in [0.3, 0.4) is 0 Å². The van der Waals surface area contributed by atoms with Crippen molar-refractivity contribution < 1.29 is 27.1 Å². The highest BCUT2D eigenvalue weighted by Crippen LogP contribution is 2.33. The molecule has 3 aromatic carbocycles. The maximum Gasteiger partial charge on any atom is 0.419 e. The van der Waals surface area contributed by atoms with Gasteiger partial charge in [-0.3, -0.25) is 4.98 Å². The molecule has 0 fully saturated rings. The number of benzene rings is 3. The van der Waals surface area contributed by atoms with Gasteiger partial charge in [-0.05, 0) is 54.6 Å². The molecule has 4 N–H and O–H groups in total. The third kappa shape index (κ3) is 5.38. The van der Waals surface area contributed by atoms with Gasteiger partial charge in [-0.25, -0.2) is 14.2 Å². The number of amides is 2. The number of nitrogens with one attached hydrogen (secondary N) is 2. The number of aromatic nitrogens is 2. The summed E-state index contributed by atoms with van der Waals surface area (Å²) >= 11 is 0. The van der Waals surface area contributed by atoms with E-state index in [-0.39, 0.29) is 12.2 Å². The lowest BCUT2D eigenvalue weighted by Crippen LogP contribution is -2.20. The molecule has 0 saturated carbocycles. The number of nitrogens with two attached hydrogens (primary N) is 1. The number of carbonyl (C=O) groups is 1. The Morgan fingerprint density at radius 2 is 1.59 bits per heavy atom. The van der Waals surface area contributed by atoms with Crippen LogP contribution >= 0.6 is 0 Å². The smallest absolute Gasteiger partial charge is 0.419 e. The minimum Gasteiger partial charge on any atom is -0.457 e. The average Bonchev–Trinajstić information content (AvgIpc) is 2.80. The van der Waals surface area contributed by atoms with E-state index in [1.54, 1.807) is 48.7 Å². The lowest BCUT2D eigenvalue weighted by molar-refractivity contribution is -0.139. The maximum atomic E-state index is 13.4. The van der Waals surface area contributed by atoms with E-state index in [9.17, 15) is 22.4 Å². The van der Waals surface area contributed by atoms with E-state index >= 15 is 0 Å². The lowest BCUT2D eigenvalue weighted by Gasteiger charge is -2.12. The summed E-state index contributed by atoms with van der Waals surface area (Å²) in [6, 6.07) is 12.9. The third-order valence-electron chi connectivity index (χ3n) is 4.65. The fourth-order valence-electron chi connectivity index (χ4n) is 3.05. The first kappa shape index (κ1) is 22.9. The summed E-state index contributed by atoms with van der Waals surface area (Å²) in [4.78, 5) is 20.8. The number of urea groups is 1. The van der Waals surface area contributed by atoms with Gasteiger partial charge in [-0.15, -0.1) is 0 Å². The van der Waals surface area contributed by atoms with Crippen molar-refractivity contribution in [2.75, 3.05) is 10.6 Å². The fourth-order valence-corrected chi connectivity index (χ4v) is 3.05. The summed E-state index contributed by atoms with van der Waals surface area (Å²) in [7, 11) is 0. The van der Waals surface area contributed by atoms with E-state index in [1.807, 2.05) is 0 Å². The van der Waals surface area contributed by atoms with Gasteiger partial charge in [-0.2, -0.15) is 13.2 Å². The van der Waals surface area contributed by atoms with Crippen LogP contribution in [0.5, 0.6) is 11.5 Å². The number of carbonyl (C=O) groups excluding carboxylic acids is 1. The van der Waals surface area contributed by atoms with Crippen LogP contribution in [-0.2, 0) is 12.7 Å². The van der Waals surface area contributed by atoms with Gasteiger partial charge in [-0.1, -0.05) is 0 Å². The second-order valence-electron chi connectivity index (χ2n) is 7.11. The number of anilines is 2. The summed E-state index contributed by atoms with van der Waals surface area (Å²) in [5.74, 6) is -0.430. The minimum absolute atomic E-state index is 0.205. The fraction of sp³-hybridized carbons (Fsp3) is 0.0870. The second-order valence-corrected chi connectivity index (χ2v) is 7.11. The molecule has 7 nitrogen and oxygen atoms in total. The summed E-state index contributed by atoms with van der Waals surface area (Å²) in [6.45, 7) is 0.265. The van der Waals surface area contributed by atoms with E-state index in [0.717, 1.165) is 6.07 Å². The molecule has 0 saturated heterocycles. The number of hydrogen-bond donors (Lipinski definition) is 3. The first-order valence-corrected chi connectivity index (χ1v) is 9.90. The molecule has 4 aromatic rings. The SMILES string of the molecule is NCc1cnc2ccc(Oc3ccc(NC(=O)Nc4ccc(F)c(C(F)(F)F)c4)cc3)cc2n1. The summed E-state index contributed by atoms with van der Waals surface area (Å²) < 4.78 is 57.7. The van der Waals surface area contributed by atoms with Crippen molar-refractivity contribution in [3.05, 3.63) is 83.9 Å². The maximum absolute atomic E-state index is 13.4. The van der Waals surface area contributed by atoms with Gasteiger partial charge in [0.2, 0.25) is 0 Å². The molecule has 11 heteroatoms. The first-order chi connectivity index (χ1) is 16.2. The normalized spacial score (nSPS) is 11.3. The van der Waals surface area contributed by atoms with Gasteiger partial charge in [0.25, 0.3) is 0 Å². The van der Waals surface area contributed by atoms with Crippen molar-refractivity contribution in [3.63, 3.8) is 0 Å². The highest BCUT2D eigenvalue weighted by Gasteiger charge is 2.34. The van der Waals surface area contributed by atoms with Crippen LogP contribution in [0.15, 0.2) is 66.9 Å². The molecule has 0 aliphatic rings. The summed E-state index contributed by atoms with van der Waals surface area (Å²) in [6.07, 6.45) is -3.27. The summed E-state index contributed by atoms with van der Waals surface area (Å²) in [5, 5.41) is 4.72. The Balaban J connectivity index is 1.40. The first-order valence-electron chi connectivity index (χ1n) is 9.90. The summed E-state index contributed by atoms with van der Waals surface area (Å²) in [5.41, 5.74) is 6.25. The average molecular weight is 471 g/mol. The number of fused-ring (bicyclic) bond motifs is 1. The molecule has 1 aromatic heterocycles. The molecule has 0 aliphatic carbocycles. The number of alkyl halides is 3. The van der Waals surface area contributed by atoms with Crippen LogP contribution in [0.2, 0.25) is 0 Å². The van der Waals surface area contributed by atoms with E-state index in [1.165, 1.54) is 0 Å². The number of hydrogen-bond acceptors (Lipinski definition) is 5. The molecular formula is C23H17F4N5O2. The second kappa shape index (κ2) is 9.32. The molecule has 0 radical (unpaired) electrons. The highest BCUT2D eigenvalue weighted by molar-refractivity contribution is 5.99. The Morgan fingerprint density at radius 3 is 2.29 bits per heavy atom. The van der Waals surface area contributed by atoms with E-state index in [4.69, 9.17) is 10.5 Å². The Hall–Kier alpha value is -4.25. The van der Waals surface area contributed by atoms with Crippen molar-refractivity contribution in [2.24, 2.45) is 5.73 Å². The number of rotatable bonds is 5. The molecule has 2 amide bonds. The number of ether oxygens (including phenoxy) is 1. The largest absolute Gasteiger partial charge is 0.457 e. The van der Waals surface area contributed by atoms with Gasteiger partial charge in [0, 0.05) is 24.0 Å². The van der Waals surface area contributed by atoms with Crippen LogP contribution in [-0.4, -0.2) is 16.0 Å². The molecular weight excluding hydrogens is 454 g/mol. The molecule has 1 heterocycles. The highest BCUT2D eigenvalue weighted by atomic mass is 19.4. The Kier molecular flexibility index (Phi) is 6.28. The third-order valence-corrected chi connectivity index (χ3v) is 4.65. The van der Waals surface area contributed by atoms with Crippen molar-refractivity contribution in [1.29, 1.82) is 0 Å². The molecule has 0 atom stereocenters. The van der Waals surface area contributed by atoms with Crippen LogP contribution in [0.1, 0.15) is 11.3 Å². The van der Waals surface area contributed by atoms with Gasteiger partial charge >= 0.3 is 12.2 Å². The zero-order chi connectivity index (χ0) is 24.3. The number of nitrogens with zero attached hydrogens (tertiary/aromatic N) is 2. The van der Waals surface area contributed by atoms with Gasteiger partial charge in [0.05, 0.1) is 28.5 Å². The molecule has 174 valence electrons.